The van der Waals surface area contributed by atoms with E-state index in [9.17, 15) is 9.59 Å². The summed E-state index contributed by atoms with van der Waals surface area (Å²) in [4.78, 5) is 29.5. The Hall–Kier alpha value is -2.54. The molecule has 2 aromatic carbocycles. The minimum atomic E-state index is -0.498. The van der Waals surface area contributed by atoms with Gasteiger partial charge in [0, 0.05) is 35.8 Å². The summed E-state index contributed by atoms with van der Waals surface area (Å²) in [6, 6.07) is 13.8. The normalized spacial score (nSPS) is 14.6. The molecule has 0 aromatic heterocycles. The number of carbonyl (C=O) groups is 2. The molecule has 1 saturated heterocycles. The zero-order valence-electron chi connectivity index (χ0n) is 20.8. The first-order chi connectivity index (χ1) is 16.1. The van der Waals surface area contributed by atoms with Gasteiger partial charge in [0.05, 0.1) is 5.56 Å². The molecule has 6 nitrogen and oxygen atoms in total. The lowest BCUT2D eigenvalue weighted by atomic mass is 9.99. The largest absolute Gasteiger partial charge is 0.457 e. The lowest BCUT2D eigenvalue weighted by Crippen LogP contribution is -2.48. The van der Waals surface area contributed by atoms with E-state index in [1.54, 1.807) is 4.90 Å². The van der Waals surface area contributed by atoms with Crippen molar-refractivity contribution in [2.75, 3.05) is 24.5 Å². The van der Waals surface area contributed by atoms with Crippen LogP contribution in [-0.2, 0) is 16.1 Å². The van der Waals surface area contributed by atoms with E-state index in [2.05, 4.69) is 33.8 Å². The Morgan fingerprint density at radius 1 is 1.12 bits per heavy atom. The average Bonchev–Trinajstić information content (AvgIpc) is 2.80. The third-order valence-corrected chi connectivity index (χ3v) is 6.44. The van der Waals surface area contributed by atoms with E-state index >= 15 is 0 Å². The fourth-order valence-electron chi connectivity index (χ4n) is 4.29. The molecular formula is C27H35BrN2O4. The summed E-state index contributed by atoms with van der Waals surface area (Å²) in [6.07, 6.45) is 1.43. The smallest absolute Gasteiger partial charge is 0.410 e. The van der Waals surface area contributed by atoms with Crippen molar-refractivity contribution in [2.45, 2.75) is 65.7 Å². The predicted octanol–water partition coefficient (Wildman–Crippen LogP) is 6.34. The van der Waals surface area contributed by atoms with E-state index in [0.717, 1.165) is 40.7 Å². The number of halogens is 1. The Bertz CT molecular complexity index is 996. The molecule has 3 rings (SSSR count). The van der Waals surface area contributed by atoms with Crippen molar-refractivity contribution in [3.05, 3.63) is 63.6 Å². The fourth-order valence-corrected chi connectivity index (χ4v) is 4.73. The SMILES string of the molecule is CCN(c1cc(Br)cc(C(=O)OCc2ccccc2)c1C)C1CCN(C(=O)OC(C)(C)C)CC1. The molecule has 0 bridgehead atoms. The van der Waals surface area contributed by atoms with Crippen molar-refractivity contribution >= 4 is 33.7 Å². The van der Waals surface area contributed by atoms with Gasteiger partial charge in [-0.3, -0.25) is 0 Å². The van der Waals surface area contributed by atoms with Crippen LogP contribution >= 0.6 is 15.9 Å². The molecule has 0 spiro atoms. The van der Waals surface area contributed by atoms with Crippen LogP contribution in [0.2, 0.25) is 0 Å². The second-order valence-corrected chi connectivity index (χ2v) is 10.6. The van der Waals surface area contributed by atoms with Crippen LogP contribution in [0.15, 0.2) is 46.9 Å². The molecular weight excluding hydrogens is 496 g/mol. The molecule has 0 aliphatic carbocycles. The van der Waals surface area contributed by atoms with Crippen LogP contribution in [0.25, 0.3) is 0 Å². The predicted molar refractivity (Wildman–Crippen MR) is 138 cm³/mol. The highest BCUT2D eigenvalue weighted by atomic mass is 79.9. The first-order valence-corrected chi connectivity index (χ1v) is 12.6. The molecule has 2 aromatic rings. The van der Waals surface area contributed by atoms with E-state index in [1.807, 2.05) is 64.1 Å². The number of hydrogen-bond acceptors (Lipinski definition) is 5. The van der Waals surface area contributed by atoms with E-state index in [-0.39, 0.29) is 24.7 Å². The van der Waals surface area contributed by atoms with Crippen LogP contribution in [0.3, 0.4) is 0 Å². The van der Waals surface area contributed by atoms with Crippen LogP contribution < -0.4 is 4.90 Å². The van der Waals surface area contributed by atoms with Gasteiger partial charge in [0.15, 0.2) is 0 Å². The maximum absolute atomic E-state index is 12.9. The lowest BCUT2D eigenvalue weighted by Gasteiger charge is -2.40. The molecule has 1 heterocycles. The second-order valence-electron chi connectivity index (χ2n) is 9.64. The Morgan fingerprint density at radius 2 is 1.76 bits per heavy atom. The number of anilines is 1. The molecule has 0 N–H and O–H groups in total. The lowest BCUT2D eigenvalue weighted by molar-refractivity contribution is 0.0204. The highest BCUT2D eigenvalue weighted by Gasteiger charge is 2.30. The van der Waals surface area contributed by atoms with Crippen LogP contribution in [-0.4, -0.2) is 48.2 Å². The topological polar surface area (TPSA) is 59.1 Å². The third kappa shape index (κ3) is 6.75. The summed E-state index contributed by atoms with van der Waals surface area (Å²) in [7, 11) is 0. The molecule has 1 fully saturated rings. The van der Waals surface area contributed by atoms with Gasteiger partial charge in [-0.25, -0.2) is 9.59 Å². The Labute approximate surface area is 211 Å². The first kappa shape index (κ1) is 26.1. The van der Waals surface area contributed by atoms with Gasteiger partial charge in [0.2, 0.25) is 0 Å². The Balaban J connectivity index is 1.72. The van der Waals surface area contributed by atoms with E-state index in [1.165, 1.54) is 0 Å². The first-order valence-electron chi connectivity index (χ1n) is 11.8. The zero-order valence-corrected chi connectivity index (χ0v) is 22.4. The van der Waals surface area contributed by atoms with Crippen molar-refractivity contribution < 1.29 is 19.1 Å². The van der Waals surface area contributed by atoms with Gasteiger partial charge in [-0.1, -0.05) is 46.3 Å². The third-order valence-electron chi connectivity index (χ3n) is 5.98. The van der Waals surface area contributed by atoms with Crippen molar-refractivity contribution in [3.63, 3.8) is 0 Å². The molecule has 0 saturated carbocycles. The minimum Gasteiger partial charge on any atom is -0.457 e. The maximum Gasteiger partial charge on any atom is 0.410 e. The van der Waals surface area contributed by atoms with Gasteiger partial charge >= 0.3 is 12.1 Å². The van der Waals surface area contributed by atoms with E-state index in [4.69, 9.17) is 9.47 Å². The van der Waals surface area contributed by atoms with Gasteiger partial charge in [-0.2, -0.15) is 0 Å². The number of hydrogen-bond donors (Lipinski definition) is 0. The number of carbonyl (C=O) groups excluding carboxylic acids is 2. The minimum absolute atomic E-state index is 0.238. The van der Waals surface area contributed by atoms with Crippen molar-refractivity contribution in [1.82, 2.24) is 4.90 Å². The number of nitrogens with zero attached hydrogens (tertiary/aromatic N) is 2. The van der Waals surface area contributed by atoms with Gasteiger partial charge in [0.1, 0.15) is 12.2 Å². The summed E-state index contributed by atoms with van der Waals surface area (Å²) < 4.78 is 12.0. The quantitative estimate of drug-likeness (QED) is 0.407. The summed E-state index contributed by atoms with van der Waals surface area (Å²) in [5.74, 6) is -0.334. The number of amides is 1. The number of piperidine rings is 1. The molecule has 184 valence electrons. The van der Waals surface area contributed by atoms with Crippen LogP contribution in [0, 0.1) is 6.92 Å². The Morgan fingerprint density at radius 3 is 2.35 bits per heavy atom. The van der Waals surface area contributed by atoms with Crippen molar-refractivity contribution in [3.8, 4) is 0 Å². The molecule has 7 heteroatoms. The number of ether oxygens (including phenoxy) is 2. The monoisotopic (exact) mass is 530 g/mol. The molecule has 0 unspecified atom stereocenters. The van der Waals surface area contributed by atoms with Crippen LogP contribution in [0.1, 0.15) is 62.0 Å². The van der Waals surface area contributed by atoms with E-state index in [0.29, 0.717) is 18.7 Å². The average molecular weight is 531 g/mol. The number of esters is 1. The summed E-state index contributed by atoms with van der Waals surface area (Å²) in [5, 5.41) is 0. The highest BCUT2D eigenvalue weighted by Crippen LogP contribution is 2.32. The maximum atomic E-state index is 12.9. The standard InChI is InChI=1S/C27H35BrN2O4/c1-6-30(22-12-14-29(15-13-22)26(32)34-27(3,4)5)24-17-21(28)16-23(19(24)2)25(31)33-18-20-10-8-7-9-11-20/h7-11,16-17,22H,6,12-15,18H2,1-5H3. The van der Waals surface area contributed by atoms with Gasteiger partial charge in [0.25, 0.3) is 0 Å². The van der Waals surface area contributed by atoms with Crippen molar-refractivity contribution in [2.24, 2.45) is 0 Å². The van der Waals surface area contributed by atoms with Gasteiger partial charge < -0.3 is 19.3 Å². The second kappa shape index (κ2) is 11.3. The summed E-state index contributed by atoms with van der Waals surface area (Å²) in [5.41, 5.74) is 2.93. The molecule has 1 aliphatic heterocycles. The van der Waals surface area contributed by atoms with Crippen LogP contribution in [0.5, 0.6) is 0 Å². The van der Waals surface area contributed by atoms with Gasteiger partial charge in [-0.15, -0.1) is 0 Å². The number of rotatable bonds is 6. The summed E-state index contributed by atoms with van der Waals surface area (Å²) in [6.45, 7) is 12.1. The molecule has 1 amide bonds. The summed E-state index contributed by atoms with van der Waals surface area (Å²) >= 11 is 3.59. The molecule has 0 atom stereocenters. The highest BCUT2D eigenvalue weighted by molar-refractivity contribution is 9.10. The van der Waals surface area contributed by atoms with Crippen molar-refractivity contribution in [1.29, 1.82) is 0 Å². The molecule has 1 aliphatic rings. The number of likely N-dealkylation sites (tertiary alicyclic amines) is 1. The zero-order chi connectivity index (χ0) is 24.9. The molecule has 0 radical (unpaired) electrons. The molecule has 34 heavy (non-hydrogen) atoms. The number of benzene rings is 2. The van der Waals surface area contributed by atoms with Crippen LogP contribution in [0.4, 0.5) is 10.5 Å². The van der Waals surface area contributed by atoms with E-state index < -0.39 is 5.60 Å². The Kier molecular flexibility index (Phi) is 8.63. The van der Waals surface area contributed by atoms with Gasteiger partial charge in [-0.05, 0) is 70.7 Å². The fraction of sp³-hybridized carbons (Fsp3) is 0.481.